The molecule has 7 heteroatoms. The maximum atomic E-state index is 11.9. The molecule has 0 spiro atoms. The first-order valence-electron chi connectivity index (χ1n) is 5.55. The highest BCUT2D eigenvalue weighted by molar-refractivity contribution is 7.15. The Morgan fingerprint density at radius 1 is 1.42 bits per heavy atom. The van der Waals surface area contributed by atoms with Crippen molar-refractivity contribution in [2.75, 3.05) is 5.32 Å². The number of aryl methyl sites for hydroxylation is 1. The van der Waals surface area contributed by atoms with E-state index in [1.165, 1.54) is 16.2 Å². The third-order valence-corrected chi connectivity index (χ3v) is 4.19. The number of carbonyl (C=O) groups is 1. The molecule has 19 heavy (non-hydrogen) atoms. The zero-order valence-corrected chi connectivity index (χ0v) is 11.6. The van der Waals surface area contributed by atoms with Gasteiger partial charge in [0.05, 0.1) is 10.6 Å². The fourth-order valence-corrected chi connectivity index (χ4v) is 2.95. The average molecular weight is 290 g/mol. The minimum atomic E-state index is -0.259. The molecule has 2 N–H and O–H groups in total. The molecule has 3 heterocycles. The van der Waals surface area contributed by atoms with Crippen LogP contribution >= 0.6 is 22.7 Å². The van der Waals surface area contributed by atoms with Gasteiger partial charge in [0.1, 0.15) is 0 Å². The summed E-state index contributed by atoms with van der Waals surface area (Å²) in [6.45, 7) is 2.04. The molecule has 0 aliphatic heterocycles. The van der Waals surface area contributed by atoms with Gasteiger partial charge in [-0.15, -0.1) is 22.7 Å². The van der Waals surface area contributed by atoms with E-state index < -0.39 is 0 Å². The van der Waals surface area contributed by atoms with Crippen LogP contribution in [0.1, 0.15) is 15.4 Å². The second-order valence-electron chi connectivity index (χ2n) is 3.87. The number of aromatic nitrogens is 3. The number of carbonyl (C=O) groups excluding carboxylic acids is 1. The zero-order valence-electron chi connectivity index (χ0n) is 10.0. The number of nitrogens with zero attached hydrogens (tertiary/aromatic N) is 2. The molecule has 3 aromatic rings. The lowest BCUT2D eigenvalue weighted by molar-refractivity contribution is 0.102. The summed E-state index contributed by atoms with van der Waals surface area (Å²) in [7, 11) is 0. The Hall–Kier alpha value is -1.99. The van der Waals surface area contributed by atoms with Crippen molar-refractivity contribution >= 4 is 33.7 Å². The predicted octanol–water partition coefficient (Wildman–Crippen LogP) is 3.16. The van der Waals surface area contributed by atoms with Crippen LogP contribution in [-0.4, -0.2) is 21.1 Å². The van der Waals surface area contributed by atoms with Crippen molar-refractivity contribution in [1.82, 2.24) is 15.2 Å². The van der Waals surface area contributed by atoms with Gasteiger partial charge in [-0.2, -0.15) is 5.10 Å². The first kappa shape index (κ1) is 12.1. The molecule has 0 aliphatic rings. The summed E-state index contributed by atoms with van der Waals surface area (Å²) in [6.07, 6.45) is 1.64. The van der Waals surface area contributed by atoms with Gasteiger partial charge in [-0.25, -0.2) is 4.98 Å². The number of rotatable bonds is 3. The molecular weight excluding hydrogens is 280 g/mol. The molecular formula is C12H10N4OS2. The van der Waals surface area contributed by atoms with Crippen LogP contribution in [0.25, 0.3) is 10.6 Å². The molecule has 0 unspecified atom stereocenters. The highest BCUT2D eigenvalue weighted by atomic mass is 32.1. The monoisotopic (exact) mass is 290 g/mol. The maximum absolute atomic E-state index is 11.9. The maximum Gasteiger partial charge on any atom is 0.277 e. The Morgan fingerprint density at radius 3 is 3.00 bits per heavy atom. The van der Waals surface area contributed by atoms with Gasteiger partial charge in [-0.05, 0) is 25.1 Å². The van der Waals surface area contributed by atoms with E-state index in [0.717, 1.165) is 10.6 Å². The Balaban J connectivity index is 1.79. The van der Waals surface area contributed by atoms with Gasteiger partial charge in [0.25, 0.3) is 5.91 Å². The third-order valence-electron chi connectivity index (χ3n) is 2.47. The number of hydrogen-bond acceptors (Lipinski definition) is 5. The van der Waals surface area contributed by atoms with Crippen molar-refractivity contribution in [3.63, 3.8) is 0 Å². The van der Waals surface area contributed by atoms with Crippen molar-refractivity contribution in [1.29, 1.82) is 0 Å². The molecule has 96 valence electrons. The third kappa shape index (κ3) is 2.56. The van der Waals surface area contributed by atoms with E-state index in [4.69, 9.17) is 0 Å². The number of thiophene rings is 1. The lowest BCUT2D eigenvalue weighted by Crippen LogP contribution is -2.11. The van der Waals surface area contributed by atoms with Crippen molar-refractivity contribution in [3.8, 4) is 10.6 Å². The normalized spacial score (nSPS) is 10.6. The molecule has 0 bridgehead atoms. The fraction of sp³-hybridized carbons (Fsp3) is 0.0833. The summed E-state index contributed by atoms with van der Waals surface area (Å²) < 4.78 is 0. The first-order chi connectivity index (χ1) is 9.22. The summed E-state index contributed by atoms with van der Waals surface area (Å²) in [5.41, 5.74) is 1.21. The Labute approximate surface area is 117 Å². The Morgan fingerprint density at radius 2 is 2.32 bits per heavy atom. The second-order valence-corrected chi connectivity index (χ2v) is 6.05. The Kier molecular flexibility index (Phi) is 3.14. The van der Waals surface area contributed by atoms with Gasteiger partial charge in [-0.1, -0.05) is 0 Å². The molecule has 0 aromatic carbocycles. The molecule has 0 saturated carbocycles. The summed E-state index contributed by atoms with van der Waals surface area (Å²) in [5.74, 6) is -0.259. The van der Waals surface area contributed by atoms with Crippen LogP contribution in [0.4, 0.5) is 5.13 Å². The first-order valence-corrected chi connectivity index (χ1v) is 7.25. The van der Waals surface area contributed by atoms with Crippen molar-refractivity contribution in [3.05, 3.63) is 40.3 Å². The van der Waals surface area contributed by atoms with Gasteiger partial charge in [-0.3, -0.25) is 15.2 Å². The van der Waals surface area contributed by atoms with Crippen LogP contribution in [0.2, 0.25) is 0 Å². The quantitative estimate of drug-likeness (QED) is 0.778. The standard InChI is InChI=1S/C12H10N4OS2/c1-7-2-3-10(19-7)8-6-9(16-15-8)11(17)14-12-13-4-5-18-12/h2-6H,1H3,(H,15,16)(H,13,14,17). The fourth-order valence-electron chi connectivity index (χ4n) is 1.59. The lowest BCUT2D eigenvalue weighted by atomic mass is 10.3. The van der Waals surface area contributed by atoms with Gasteiger partial charge in [0.15, 0.2) is 10.8 Å². The lowest BCUT2D eigenvalue weighted by Gasteiger charge is -1.95. The largest absolute Gasteiger partial charge is 0.296 e. The van der Waals surface area contributed by atoms with Crippen LogP contribution in [0.15, 0.2) is 29.8 Å². The highest BCUT2D eigenvalue weighted by Crippen LogP contribution is 2.26. The van der Waals surface area contributed by atoms with Crippen LogP contribution in [0.3, 0.4) is 0 Å². The van der Waals surface area contributed by atoms with E-state index in [1.807, 2.05) is 19.1 Å². The molecule has 5 nitrogen and oxygen atoms in total. The highest BCUT2D eigenvalue weighted by Gasteiger charge is 2.13. The van der Waals surface area contributed by atoms with Crippen molar-refractivity contribution in [2.24, 2.45) is 0 Å². The van der Waals surface area contributed by atoms with Gasteiger partial charge in [0, 0.05) is 16.5 Å². The van der Waals surface area contributed by atoms with Crippen LogP contribution < -0.4 is 5.32 Å². The van der Waals surface area contributed by atoms with Gasteiger partial charge in [0.2, 0.25) is 0 Å². The molecule has 1 amide bonds. The smallest absolute Gasteiger partial charge is 0.277 e. The number of H-pyrrole nitrogens is 1. The molecule has 0 atom stereocenters. The van der Waals surface area contributed by atoms with E-state index in [0.29, 0.717) is 10.8 Å². The average Bonchev–Trinajstić information content (AvgIpc) is 3.07. The SMILES string of the molecule is Cc1ccc(-c2cc(C(=O)Nc3nccs3)n[nH]2)s1. The van der Waals surface area contributed by atoms with Crippen LogP contribution in [-0.2, 0) is 0 Å². The summed E-state index contributed by atoms with van der Waals surface area (Å²) >= 11 is 3.03. The van der Waals surface area contributed by atoms with E-state index in [9.17, 15) is 4.79 Å². The molecule has 0 radical (unpaired) electrons. The molecule has 0 aliphatic carbocycles. The van der Waals surface area contributed by atoms with Crippen molar-refractivity contribution in [2.45, 2.75) is 6.92 Å². The van der Waals surface area contributed by atoms with Crippen molar-refractivity contribution < 1.29 is 4.79 Å². The van der Waals surface area contributed by atoms with Crippen LogP contribution in [0, 0.1) is 6.92 Å². The molecule has 3 aromatic heterocycles. The van der Waals surface area contributed by atoms with Gasteiger partial charge < -0.3 is 0 Å². The van der Waals surface area contributed by atoms with E-state index in [1.54, 1.807) is 29.0 Å². The zero-order chi connectivity index (χ0) is 13.2. The second kappa shape index (κ2) is 4.94. The number of nitrogens with one attached hydrogen (secondary N) is 2. The van der Waals surface area contributed by atoms with Crippen LogP contribution in [0.5, 0.6) is 0 Å². The number of amides is 1. The summed E-state index contributed by atoms with van der Waals surface area (Å²) in [6, 6.07) is 5.79. The van der Waals surface area contributed by atoms with E-state index in [2.05, 4.69) is 20.5 Å². The number of anilines is 1. The minimum absolute atomic E-state index is 0.259. The van der Waals surface area contributed by atoms with Gasteiger partial charge >= 0.3 is 0 Å². The molecule has 0 saturated heterocycles. The summed E-state index contributed by atoms with van der Waals surface area (Å²) in [4.78, 5) is 18.2. The Bertz CT molecular complexity index is 699. The van der Waals surface area contributed by atoms with E-state index in [-0.39, 0.29) is 5.91 Å². The predicted molar refractivity (Wildman–Crippen MR) is 76.7 cm³/mol. The van der Waals surface area contributed by atoms with E-state index >= 15 is 0 Å². The topological polar surface area (TPSA) is 70.7 Å². The number of thiazole rings is 1. The molecule has 0 fully saturated rings. The number of hydrogen-bond donors (Lipinski definition) is 2. The summed E-state index contributed by atoms with van der Waals surface area (Å²) in [5, 5.41) is 12.0. The minimum Gasteiger partial charge on any atom is -0.296 e. The molecule has 3 rings (SSSR count). The number of aromatic amines is 1.